The number of aryl methyl sites for hydroxylation is 1. The van der Waals surface area contributed by atoms with E-state index in [0.717, 1.165) is 36.1 Å². The first-order valence-corrected chi connectivity index (χ1v) is 8.24. The van der Waals surface area contributed by atoms with Crippen LogP contribution in [0.2, 0.25) is 0 Å². The Labute approximate surface area is 143 Å². The molecular formula is C18H26N4O2. The van der Waals surface area contributed by atoms with Crippen molar-refractivity contribution >= 4 is 5.96 Å². The molecule has 0 spiro atoms. The van der Waals surface area contributed by atoms with E-state index in [1.54, 1.807) is 7.05 Å². The zero-order valence-electron chi connectivity index (χ0n) is 14.9. The van der Waals surface area contributed by atoms with Gasteiger partial charge in [0.05, 0.1) is 18.8 Å². The van der Waals surface area contributed by atoms with Gasteiger partial charge in [0.2, 0.25) is 0 Å². The van der Waals surface area contributed by atoms with E-state index in [-0.39, 0.29) is 0 Å². The first-order valence-electron chi connectivity index (χ1n) is 8.24. The largest absolute Gasteiger partial charge is 0.494 e. The van der Waals surface area contributed by atoms with Crippen LogP contribution in [-0.4, -0.2) is 36.7 Å². The average molecular weight is 330 g/mol. The van der Waals surface area contributed by atoms with Crippen LogP contribution in [0.15, 0.2) is 39.8 Å². The quantitative estimate of drug-likeness (QED) is 0.625. The molecule has 0 unspecified atom stereocenters. The number of aliphatic imine (C=N–C) groups is 1. The number of hydrogen-bond donors (Lipinski definition) is 1. The molecule has 0 aliphatic carbocycles. The van der Waals surface area contributed by atoms with E-state index in [1.165, 1.54) is 5.56 Å². The van der Waals surface area contributed by atoms with Gasteiger partial charge in [-0.05, 0) is 31.0 Å². The fourth-order valence-electron chi connectivity index (χ4n) is 2.36. The van der Waals surface area contributed by atoms with Gasteiger partial charge in [-0.2, -0.15) is 0 Å². The van der Waals surface area contributed by atoms with Crippen molar-refractivity contribution < 1.29 is 9.26 Å². The molecule has 6 heteroatoms. The van der Waals surface area contributed by atoms with Crippen molar-refractivity contribution in [1.82, 2.24) is 15.4 Å². The van der Waals surface area contributed by atoms with E-state index in [0.29, 0.717) is 13.2 Å². The molecule has 1 aromatic heterocycles. The zero-order chi connectivity index (χ0) is 17.4. The molecule has 1 N–H and O–H groups in total. The highest BCUT2D eigenvalue weighted by atomic mass is 16.5. The highest BCUT2D eigenvalue weighted by Gasteiger charge is 2.09. The summed E-state index contributed by atoms with van der Waals surface area (Å²) in [6, 6.07) is 10.1. The number of aromatic nitrogens is 1. The summed E-state index contributed by atoms with van der Waals surface area (Å²) in [5.41, 5.74) is 2.15. The summed E-state index contributed by atoms with van der Waals surface area (Å²) in [6.45, 7) is 6.03. The Kier molecular flexibility index (Phi) is 6.66. The minimum absolute atomic E-state index is 0.563. The second-order valence-corrected chi connectivity index (χ2v) is 5.47. The van der Waals surface area contributed by atoms with Crippen LogP contribution in [0.25, 0.3) is 0 Å². The SMILES string of the molecule is CCOc1ccc(CN(C)C(=NC)NCc2cc(CC)no2)cc1. The lowest BCUT2D eigenvalue weighted by Gasteiger charge is -2.21. The maximum atomic E-state index is 5.47. The van der Waals surface area contributed by atoms with E-state index in [2.05, 4.69) is 39.4 Å². The van der Waals surface area contributed by atoms with Crippen molar-refractivity contribution in [3.63, 3.8) is 0 Å². The van der Waals surface area contributed by atoms with Gasteiger partial charge < -0.3 is 19.5 Å². The molecule has 0 bridgehead atoms. The predicted molar refractivity (Wildman–Crippen MR) is 95.2 cm³/mol. The fraction of sp³-hybridized carbons (Fsp3) is 0.444. The Morgan fingerprint density at radius 1 is 1.29 bits per heavy atom. The molecule has 0 atom stereocenters. The Hall–Kier alpha value is -2.50. The molecule has 2 rings (SSSR count). The van der Waals surface area contributed by atoms with Crippen LogP contribution in [0.5, 0.6) is 5.75 Å². The summed E-state index contributed by atoms with van der Waals surface area (Å²) < 4.78 is 10.8. The third-order valence-electron chi connectivity index (χ3n) is 3.62. The van der Waals surface area contributed by atoms with Crippen LogP contribution in [-0.2, 0) is 19.5 Å². The number of ether oxygens (including phenoxy) is 1. The minimum atomic E-state index is 0.563. The van der Waals surface area contributed by atoms with Gasteiger partial charge in [-0.25, -0.2) is 0 Å². The number of nitrogens with zero attached hydrogens (tertiary/aromatic N) is 3. The lowest BCUT2D eigenvalue weighted by molar-refractivity contribution is 0.340. The van der Waals surface area contributed by atoms with E-state index >= 15 is 0 Å². The van der Waals surface area contributed by atoms with Crippen LogP contribution in [0, 0.1) is 0 Å². The summed E-state index contributed by atoms with van der Waals surface area (Å²) in [6.07, 6.45) is 0.871. The molecule has 1 aromatic carbocycles. The Balaban J connectivity index is 1.89. The molecule has 0 radical (unpaired) electrons. The number of nitrogens with one attached hydrogen (secondary N) is 1. The molecule has 0 fully saturated rings. The topological polar surface area (TPSA) is 62.9 Å². The maximum absolute atomic E-state index is 5.47. The molecule has 2 aromatic rings. The Bertz CT molecular complexity index is 649. The molecular weight excluding hydrogens is 304 g/mol. The number of benzene rings is 1. The van der Waals surface area contributed by atoms with Crippen molar-refractivity contribution in [3.8, 4) is 5.75 Å². The van der Waals surface area contributed by atoms with Gasteiger partial charge in [-0.3, -0.25) is 4.99 Å². The first-order chi connectivity index (χ1) is 11.7. The number of rotatable bonds is 7. The lowest BCUT2D eigenvalue weighted by Crippen LogP contribution is -2.37. The van der Waals surface area contributed by atoms with Crippen molar-refractivity contribution in [2.75, 3.05) is 20.7 Å². The predicted octanol–water partition coefficient (Wildman–Crippen LogP) is 2.84. The van der Waals surface area contributed by atoms with Gasteiger partial charge >= 0.3 is 0 Å². The fourth-order valence-corrected chi connectivity index (χ4v) is 2.36. The molecule has 0 aliphatic heterocycles. The minimum Gasteiger partial charge on any atom is -0.494 e. The van der Waals surface area contributed by atoms with Crippen LogP contribution in [0.1, 0.15) is 30.9 Å². The zero-order valence-corrected chi connectivity index (χ0v) is 14.9. The molecule has 0 aliphatic rings. The normalized spacial score (nSPS) is 11.4. The summed E-state index contributed by atoms with van der Waals surface area (Å²) >= 11 is 0. The average Bonchev–Trinajstić information content (AvgIpc) is 3.05. The van der Waals surface area contributed by atoms with Gasteiger partial charge in [-0.1, -0.05) is 24.2 Å². The molecule has 130 valence electrons. The van der Waals surface area contributed by atoms with Gasteiger partial charge in [0.1, 0.15) is 5.75 Å². The molecule has 6 nitrogen and oxygen atoms in total. The van der Waals surface area contributed by atoms with Crippen LogP contribution >= 0.6 is 0 Å². The van der Waals surface area contributed by atoms with E-state index < -0.39 is 0 Å². The summed E-state index contributed by atoms with van der Waals surface area (Å²) in [5, 5.41) is 7.29. The standard InChI is InChI=1S/C18H26N4O2/c1-5-15-11-17(24-21-15)12-20-18(19-3)22(4)13-14-7-9-16(10-8-14)23-6-2/h7-11H,5-6,12-13H2,1-4H3,(H,19,20). The van der Waals surface area contributed by atoms with Gasteiger partial charge in [0.15, 0.2) is 11.7 Å². The van der Waals surface area contributed by atoms with E-state index in [9.17, 15) is 0 Å². The van der Waals surface area contributed by atoms with Crippen molar-refractivity contribution in [2.45, 2.75) is 33.4 Å². The summed E-state index contributed by atoms with van der Waals surface area (Å²) in [4.78, 5) is 6.38. The van der Waals surface area contributed by atoms with Crippen molar-refractivity contribution in [3.05, 3.63) is 47.3 Å². The maximum Gasteiger partial charge on any atom is 0.194 e. The first kappa shape index (κ1) is 17.8. The number of guanidine groups is 1. The summed E-state index contributed by atoms with van der Waals surface area (Å²) in [7, 11) is 3.78. The van der Waals surface area contributed by atoms with Gasteiger partial charge in [0, 0.05) is 26.7 Å². The lowest BCUT2D eigenvalue weighted by atomic mass is 10.2. The summed E-state index contributed by atoms with van der Waals surface area (Å²) in [5.74, 6) is 2.50. The third-order valence-corrected chi connectivity index (χ3v) is 3.62. The third kappa shape index (κ3) is 5.01. The van der Waals surface area contributed by atoms with Crippen molar-refractivity contribution in [2.24, 2.45) is 4.99 Å². The molecule has 0 saturated carbocycles. The van der Waals surface area contributed by atoms with Crippen LogP contribution in [0.4, 0.5) is 0 Å². The van der Waals surface area contributed by atoms with Crippen molar-refractivity contribution in [1.29, 1.82) is 0 Å². The van der Waals surface area contributed by atoms with Crippen LogP contribution < -0.4 is 10.1 Å². The van der Waals surface area contributed by atoms with E-state index in [4.69, 9.17) is 9.26 Å². The molecule has 24 heavy (non-hydrogen) atoms. The van der Waals surface area contributed by atoms with Gasteiger partial charge in [0.25, 0.3) is 0 Å². The highest BCUT2D eigenvalue weighted by molar-refractivity contribution is 5.79. The smallest absolute Gasteiger partial charge is 0.194 e. The molecule has 0 saturated heterocycles. The van der Waals surface area contributed by atoms with Crippen LogP contribution in [0.3, 0.4) is 0 Å². The Morgan fingerprint density at radius 2 is 2.04 bits per heavy atom. The second kappa shape index (κ2) is 8.96. The Morgan fingerprint density at radius 3 is 2.62 bits per heavy atom. The highest BCUT2D eigenvalue weighted by Crippen LogP contribution is 2.13. The van der Waals surface area contributed by atoms with E-state index in [1.807, 2.05) is 32.2 Å². The number of hydrogen-bond acceptors (Lipinski definition) is 4. The molecule has 1 heterocycles. The van der Waals surface area contributed by atoms with Gasteiger partial charge in [-0.15, -0.1) is 0 Å². The second-order valence-electron chi connectivity index (χ2n) is 5.47. The monoisotopic (exact) mass is 330 g/mol. The molecule has 0 amide bonds.